The monoisotopic (exact) mass is 376 g/mol. The molecule has 0 fully saturated rings. The molecular formula is C16H13BrN2O4. The zero-order valence-corrected chi connectivity index (χ0v) is 13.6. The van der Waals surface area contributed by atoms with Crippen molar-refractivity contribution in [1.82, 2.24) is 5.43 Å². The Bertz CT molecular complexity index is 731. The lowest BCUT2D eigenvalue weighted by molar-refractivity contribution is -0.123. The molecular weight excluding hydrogens is 364 g/mol. The molecule has 1 amide bonds. The molecule has 1 heterocycles. The molecule has 6 nitrogen and oxygen atoms in total. The summed E-state index contributed by atoms with van der Waals surface area (Å²) in [5, 5.41) is 3.89. The van der Waals surface area contributed by atoms with Crippen molar-refractivity contribution in [2.45, 2.75) is 0 Å². The van der Waals surface area contributed by atoms with Crippen LogP contribution in [0.5, 0.6) is 17.2 Å². The van der Waals surface area contributed by atoms with E-state index in [4.69, 9.17) is 14.2 Å². The molecule has 0 aliphatic carbocycles. The molecule has 0 radical (unpaired) electrons. The SMILES string of the molecule is O=C(COc1ccc(Br)cc1)N/N=C\c1ccc2c(c1)OCO2. The number of carbonyl (C=O) groups excluding carboxylic acids is 1. The first-order valence-electron chi connectivity index (χ1n) is 6.80. The Balaban J connectivity index is 1.47. The summed E-state index contributed by atoms with van der Waals surface area (Å²) in [4.78, 5) is 11.7. The van der Waals surface area contributed by atoms with E-state index in [1.807, 2.05) is 18.2 Å². The second kappa shape index (κ2) is 7.15. The van der Waals surface area contributed by atoms with E-state index in [0.29, 0.717) is 17.2 Å². The van der Waals surface area contributed by atoms with Gasteiger partial charge in [-0.05, 0) is 48.0 Å². The Morgan fingerprint density at radius 1 is 1.22 bits per heavy atom. The number of rotatable bonds is 5. The van der Waals surface area contributed by atoms with Gasteiger partial charge in [-0.3, -0.25) is 4.79 Å². The summed E-state index contributed by atoms with van der Waals surface area (Å²) in [6.07, 6.45) is 1.53. The molecule has 0 unspecified atom stereocenters. The summed E-state index contributed by atoms with van der Waals surface area (Å²) in [5.74, 6) is 1.64. The Morgan fingerprint density at radius 2 is 2.00 bits per heavy atom. The van der Waals surface area contributed by atoms with Crippen molar-refractivity contribution in [3.8, 4) is 17.2 Å². The third-order valence-corrected chi connectivity index (χ3v) is 3.51. The van der Waals surface area contributed by atoms with Gasteiger partial charge in [0, 0.05) is 4.47 Å². The molecule has 2 aromatic rings. The number of fused-ring (bicyclic) bond motifs is 1. The van der Waals surface area contributed by atoms with Gasteiger partial charge in [0.25, 0.3) is 5.91 Å². The predicted molar refractivity (Wildman–Crippen MR) is 87.9 cm³/mol. The molecule has 0 saturated carbocycles. The van der Waals surface area contributed by atoms with E-state index in [0.717, 1.165) is 10.0 Å². The zero-order chi connectivity index (χ0) is 16.1. The van der Waals surface area contributed by atoms with Gasteiger partial charge in [-0.2, -0.15) is 5.10 Å². The highest BCUT2D eigenvalue weighted by molar-refractivity contribution is 9.10. The number of hydrogen-bond acceptors (Lipinski definition) is 5. The van der Waals surface area contributed by atoms with E-state index in [-0.39, 0.29) is 19.3 Å². The summed E-state index contributed by atoms with van der Waals surface area (Å²) in [5.41, 5.74) is 3.20. The minimum absolute atomic E-state index is 0.111. The lowest BCUT2D eigenvalue weighted by Gasteiger charge is -2.04. The molecule has 0 saturated heterocycles. The fourth-order valence-corrected chi connectivity index (χ4v) is 2.15. The molecule has 7 heteroatoms. The fourth-order valence-electron chi connectivity index (χ4n) is 1.88. The molecule has 1 aliphatic heterocycles. The molecule has 0 atom stereocenters. The van der Waals surface area contributed by atoms with Gasteiger partial charge in [-0.1, -0.05) is 15.9 Å². The summed E-state index contributed by atoms with van der Waals surface area (Å²) in [6, 6.07) is 12.6. The highest BCUT2D eigenvalue weighted by Crippen LogP contribution is 2.31. The van der Waals surface area contributed by atoms with E-state index in [1.54, 1.807) is 24.3 Å². The highest BCUT2D eigenvalue weighted by atomic mass is 79.9. The number of carbonyl (C=O) groups is 1. The van der Waals surface area contributed by atoms with Gasteiger partial charge < -0.3 is 14.2 Å². The first-order valence-corrected chi connectivity index (χ1v) is 7.60. The average Bonchev–Trinajstić information content (AvgIpc) is 3.02. The van der Waals surface area contributed by atoms with Crippen molar-refractivity contribution in [2.75, 3.05) is 13.4 Å². The van der Waals surface area contributed by atoms with Crippen molar-refractivity contribution in [1.29, 1.82) is 0 Å². The first-order chi connectivity index (χ1) is 11.2. The van der Waals surface area contributed by atoms with Gasteiger partial charge in [0.1, 0.15) is 5.75 Å². The molecule has 0 bridgehead atoms. The number of benzene rings is 2. The summed E-state index contributed by atoms with van der Waals surface area (Å²) < 4.78 is 16.8. The summed E-state index contributed by atoms with van der Waals surface area (Å²) in [6.45, 7) is 0.111. The van der Waals surface area contributed by atoms with Crippen molar-refractivity contribution in [2.24, 2.45) is 5.10 Å². The number of hydrazone groups is 1. The number of nitrogens with one attached hydrogen (secondary N) is 1. The van der Waals surface area contributed by atoms with Crippen molar-refractivity contribution < 1.29 is 19.0 Å². The lowest BCUT2D eigenvalue weighted by atomic mass is 10.2. The number of ether oxygens (including phenoxy) is 3. The molecule has 0 aromatic heterocycles. The first kappa shape index (κ1) is 15.4. The van der Waals surface area contributed by atoms with Crippen molar-refractivity contribution in [3.05, 3.63) is 52.5 Å². The lowest BCUT2D eigenvalue weighted by Crippen LogP contribution is -2.24. The van der Waals surface area contributed by atoms with E-state index in [9.17, 15) is 4.79 Å². The maximum atomic E-state index is 11.7. The largest absolute Gasteiger partial charge is 0.484 e. The van der Waals surface area contributed by atoms with Crippen LogP contribution in [-0.4, -0.2) is 25.5 Å². The third-order valence-electron chi connectivity index (χ3n) is 2.98. The van der Waals surface area contributed by atoms with Gasteiger partial charge in [-0.25, -0.2) is 5.43 Å². The van der Waals surface area contributed by atoms with Crippen LogP contribution in [0.3, 0.4) is 0 Å². The van der Waals surface area contributed by atoms with Crippen LogP contribution < -0.4 is 19.6 Å². The highest BCUT2D eigenvalue weighted by Gasteiger charge is 2.12. The third kappa shape index (κ3) is 4.23. The van der Waals surface area contributed by atoms with Gasteiger partial charge in [0.05, 0.1) is 6.21 Å². The van der Waals surface area contributed by atoms with E-state index in [1.165, 1.54) is 6.21 Å². The van der Waals surface area contributed by atoms with Gasteiger partial charge >= 0.3 is 0 Å². The van der Waals surface area contributed by atoms with Gasteiger partial charge in [-0.15, -0.1) is 0 Å². The maximum Gasteiger partial charge on any atom is 0.277 e. The second-order valence-corrected chi connectivity index (χ2v) is 5.56. The maximum absolute atomic E-state index is 11.7. The zero-order valence-electron chi connectivity index (χ0n) is 12.0. The Hall–Kier alpha value is -2.54. The Morgan fingerprint density at radius 3 is 2.83 bits per heavy atom. The second-order valence-electron chi connectivity index (χ2n) is 4.65. The van der Waals surface area contributed by atoms with Gasteiger partial charge in [0.2, 0.25) is 6.79 Å². The van der Waals surface area contributed by atoms with Crippen LogP contribution in [0.1, 0.15) is 5.56 Å². The molecule has 23 heavy (non-hydrogen) atoms. The van der Waals surface area contributed by atoms with Crippen LogP contribution in [0.15, 0.2) is 52.0 Å². The average molecular weight is 377 g/mol. The standard InChI is InChI=1S/C16H13BrN2O4/c17-12-2-4-13(5-3-12)21-9-16(20)19-18-8-11-1-6-14-15(7-11)23-10-22-14/h1-8H,9-10H2,(H,19,20)/b18-8-. The van der Waals surface area contributed by atoms with Crippen LogP contribution >= 0.6 is 15.9 Å². The number of halogens is 1. The molecule has 118 valence electrons. The molecule has 0 spiro atoms. The summed E-state index contributed by atoms with van der Waals surface area (Å²) in [7, 11) is 0. The molecule has 2 aromatic carbocycles. The Kier molecular flexibility index (Phi) is 4.77. The topological polar surface area (TPSA) is 69.2 Å². The molecule has 1 aliphatic rings. The minimum atomic E-state index is -0.343. The van der Waals surface area contributed by atoms with Crippen LogP contribution in [0, 0.1) is 0 Å². The Labute approximate surface area is 141 Å². The minimum Gasteiger partial charge on any atom is -0.484 e. The number of nitrogens with zero attached hydrogens (tertiary/aromatic N) is 1. The molecule has 1 N–H and O–H groups in total. The van der Waals surface area contributed by atoms with Crippen LogP contribution in [-0.2, 0) is 4.79 Å². The van der Waals surface area contributed by atoms with E-state index >= 15 is 0 Å². The van der Waals surface area contributed by atoms with E-state index in [2.05, 4.69) is 26.5 Å². The quantitative estimate of drug-likeness (QED) is 0.643. The normalized spacial score (nSPS) is 12.4. The van der Waals surface area contributed by atoms with Crippen LogP contribution in [0.25, 0.3) is 0 Å². The van der Waals surface area contributed by atoms with Crippen molar-refractivity contribution >= 4 is 28.1 Å². The van der Waals surface area contributed by atoms with Gasteiger partial charge in [0.15, 0.2) is 18.1 Å². The smallest absolute Gasteiger partial charge is 0.277 e. The number of amides is 1. The predicted octanol–water partition coefficient (Wildman–Crippen LogP) is 2.71. The molecule has 3 rings (SSSR count). The van der Waals surface area contributed by atoms with Crippen LogP contribution in [0.2, 0.25) is 0 Å². The van der Waals surface area contributed by atoms with Crippen LogP contribution in [0.4, 0.5) is 0 Å². The fraction of sp³-hybridized carbons (Fsp3) is 0.125. The van der Waals surface area contributed by atoms with Crippen molar-refractivity contribution in [3.63, 3.8) is 0 Å². The number of hydrogen-bond donors (Lipinski definition) is 1. The summed E-state index contributed by atoms with van der Waals surface area (Å²) >= 11 is 3.33. The van der Waals surface area contributed by atoms with E-state index < -0.39 is 0 Å².